The van der Waals surface area contributed by atoms with Gasteiger partial charge in [-0.15, -0.1) is 0 Å². The molecule has 5 rings (SSSR count). The molecule has 2 bridgehead atoms. The minimum absolute atomic E-state index is 0.707. The summed E-state index contributed by atoms with van der Waals surface area (Å²) < 4.78 is 2.60. The molecule has 3 fully saturated rings. The van der Waals surface area contributed by atoms with Crippen molar-refractivity contribution in [3.05, 3.63) is 36.5 Å². The molecule has 0 amide bonds. The Labute approximate surface area is 164 Å². The molecule has 0 spiro atoms. The van der Waals surface area contributed by atoms with E-state index in [2.05, 4.69) is 46.0 Å². The SMILES string of the molecule is c1ccc2c(c1)ccn2C1CC2CC[C@@H](C1)N2C1CCCCCCCCC1. The van der Waals surface area contributed by atoms with E-state index in [-0.39, 0.29) is 0 Å². The Hall–Kier alpha value is -1.28. The van der Waals surface area contributed by atoms with Gasteiger partial charge >= 0.3 is 0 Å². The van der Waals surface area contributed by atoms with E-state index in [0.717, 1.165) is 18.1 Å². The highest BCUT2D eigenvalue weighted by Gasteiger charge is 2.43. The van der Waals surface area contributed by atoms with Gasteiger partial charge in [-0.3, -0.25) is 4.90 Å². The first-order chi connectivity index (χ1) is 13.4. The van der Waals surface area contributed by atoms with Gasteiger partial charge in [0, 0.05) is 35.9 Å². The summed E-state index contributed by atoms with van der Waals surface area (Å²) in [7, 11) is 0. The van der Waals surface area contributed by atoms with Crippen LogP contribution in [0.25, 0.3) is 10.9 Å². The number of benzene rings is 1. The van der Waals surface area contributed by atoms with E-state index in [9.17, 15) is 0 Å². The van der Waals surface area contributed by atoms with Crippen LogP contribution < -0.4 is 0 Å². The van der Waals surface area contributed by atoms with Crippen LogP contribution in [-0.4, -0.2) is 27.6 Å². The Bertz CT molecular complexity index is 724. The molecule has 3 atom stereocenters. The highest BCUT2D eigenvalue weighted by Crippen LogP contribution is 2.44. The third kappa shape index (κ3) is 3.58. The monoisotopic (exact) mass is 364 g/mol. The zero-order valence-electron chi connectivity index (χ0n) is 16.9. The molecule has 3 heterocycles. The first-order valence-corrected chi connectivity index (χ1v) is 11.7. The topological polar surface area (TPSA) is 8.17 Å². The second-order valence-electron chi connectivity index (χ2n) is 9.45. The van der Waals surface area contributed by atoms with Crippen LogP contribution in [-0.2, 0) is 0 Å². The van der Waals surface area contributed by atoms with E-state index in [4.69, 9.17) is 0 Å². The average molecular weight is 365 g/mol. The Kier molecular flexibility index (Phi) is 5.27. The van der Waals surface area contributed by atoms with Crippen molar-refractivity contribution in [2.45, 2.75) is 108 Å². The van der Waals surface area contributed by atoms with E-state index in [1.807, 2.05) is 0 Å². The van der Waals surface area contributed by atoms with Gasteiger partial charge in [-0.05, 0) is 56.0 Å². The number of hydrogen-bond acceptors (Lipinski definition) is 1. The van der Waals surface area contributed by atoms with Gasteiger partial charge in [0.2, 0.25) is 0 Å². The van der Waals surface area contributed by atoms with Gasteiger partial charge in [-0.1, -0.05) is 63.1 Å². The van der Waals surface area contributed by atoms with Crippen LogP contribution in [0.15, 0.2) is 36.5 Å². The van der Waals surface area contributed by atoms with E-state index in [0.29, 0.717) is 6.04 Å². The van der Waals surface area contributed by atoms with Crippen LogP contribution in [0.5, 0.6) is 0 Å². The number of para-hydroxylation sites is 1. The summed E-state index contributed by atoms with van der Waals surface area (Å²) in [6, 6.07) is 14.5. The smallest absolute Gasteiger partial charge is 0.0482 e. The van der Waals surface area contributed by atoms with Crippen molar-refractivity contribution in [3.8, 4) is 0 Å². The average Bonchev–Trinajstić information content (AvgIpc) is 3.24. The zero-order chi connectivity index (χ0) is 18.1. The molecular weight excluding hydrogens is 328 g/mol. The molecule has 2 aliphatic heterocycles. The molecule has 1 aromatic heterocycles. The van der Waals surface area contributed by atoms with Gasteiger partial charge in [-0.25, -0.2) is 0 Å². The highest BCUT2D eigenvalue weighted by molar-refractivity contribution is 5.80. The summed E-state index contributed by atoms with van der Waals surface area (Å²) in [5.41, 5.74) is 1.44. The maximum absolute atomic E-state index is 3.03. The van der Waals surface area contributed by atoms with E-state index in [1.165, 1.54) is 94.4 Å². The molecule has 146 valence electrons. The minimum Gasteiger partial charge on any atom is -0.344 e. The first kappa shape index (κ1) is 17.8. The van der Waals surface area contributed by atoms with Crippen molar-refractivity contribution in [1.82, 2.24) is 9.47 Å². The van der Waals surface area contributed by atoms with Crippen molar-refractivity contribution in [2.24, 2.45) is 0 Å². The second kappa shape index (κ2) is 7.99. The van der Waals surface area contributed by atoms with Gasteiger partial charge in [0.1, 0.15) is 0 Å². The summed E-state index contributed by atoms with van der Waals surface area (Å²) in [4.78, 5) is 3.03. The lowest BCUT2D eigenvalue weighted by molar-refractivity contribution is 0.0518. The summed E-state index contributed by atoms with van der Waals surface area (Å²) in [6.07, 6.45) is 21.2. The van der Waals surface area contributed by atoms with Crippen LogP contribution in [0.4, 0.5) is 0 Å². The zero-order valence-corrected chi connectivity index (χ0v) is 16.9. The normalized spacial score (nSPS) is 31.3. The summed E-state index contributed by atoms with van der Waals surface area (Å²) in [5, 5.41) is 1.40. The fraction of sp³-hybridized carbons (Fsp3) is 0.680. The molecule has 0 N–H and O–H groups in total. The van der Waals surface area contributed by atoms with E-state index < -0.39 is 0 Å². The maximum atomic E-state index is 3.03. The van der Waals surface area contributed by atoms with Crippen LogP contribution in [0.3, 0.4) is 0 Å². The molecule has 2 saturated heterocycles. The lowest BCUT2D eigenvalue weighted by Gasteiger charge is -2.44. The third-order valence-corrected chi connectivity index (χ3v) is 7.78. The van der Waals surface area contributed by atoms with Crippen molar-refractivity contribution in [2.75, 3.05) is 0 Å². The Morgan fingerprint density at radius 2 is 1.22 bits per heavy atom. The summed E-state index contributed by atoms with van der Waals surface area (Å²) in [6.45, 7) is 0. The van der Waals surface area contributed by atoms with Crippen LogP contribution >= 0.6 is 0 Å². The predicted molar refractivity (Wildman–Crippen MR) is 114 cm³/mol. The van der Waals surface area contributed by atoms with Gasteiger partial charge in [-0.2, -0.15) is 0 Å². The highest BCUT2D eigenvalue weighted by atomic mass is 15.3. The minimum atomic E-state index is 0.707. The number of nitrogens with zero attached hydrogens (tertiary/aromatic N) is 2. The standard InChI is InChI=1S/C25H36N2/c1-2-4-6-11-21(12-7-5-3-1)27-22-14-15-23(27)19-24(18-22)26-17-16-20-10-8-9-13-25(20)26/h8-10,13,16-17,21-24H,1-7,11-12,14-15,18-19H2/t22-,23?,24?/m0/s1. The number of piperidine rings is 1. The molecule has 27 heavy (non-hydrogen) atoms. The fourth-order valence-electron chi connectivity index (χ4n) is 6.52. The molecule has 1 aromatic carbocycles. The number of fused-ring (bicyclic) bond motifs is 3. The summed E-state index contributed by atoms with van der Waals surface area (Å²) >= 11 is 0. The Balaban J connectivity index is 1.32. The maximum Gasteiger partial charge on any atom is 0.0482 e. The van der Waals surface area contributed by atoms with Crippen molar-refractivity contribution < 1.29 is 0 Å². The van der Waals surface area contributed by atoms with Crippen LogP contribution in [0.2, 0.25) is 0 Å². The van der Waals surface area contributed by atoms with E-state index >= 15 is 0 Å². The molecule has 1 aliphatic carbocycles. The van der Waals surface area contributed by atoms with Crippen molar-refractivity contribution >= 4 is 10.9 Å². The molecule has 2 unspecified atom stereocenters. The lowest BCUT2D eigenvalue weighted by Crippen LogP contribution is -2.49. The molecule has 2 heteroatoms. The fourth-order valence-corrected chi connectivity index (χ4v) is 6.52. The Morgan fingerprint density at radius 3 is 1.93 bits per heavy atom. The molecule has 2 nitrogen and oxygen atoms in total. The molecule has 2 aromatic rings. The molecule has 3 aliphatic rings. The lowest BCUT2D eigenvalue weighted by atomic mass is 9.90. The first-order valence-electron chi connectivity index (χ1n) is 11.7. The van der Waals surface area contributed by atoms with Crippen molar-refractivity contribution in [3.63, 3.8) is 0 Å². The van der Waals surface area contributed by atoms with Crippen molar-refractivity contribution in [1.29, 1.82) is 0 Å². The Morgan fingerprint density at radius 1 is 0.593 bits per heavy atom. The van der Waals surface area contributed by atoms with Gasteiger partial charge in [0.15, 0.2) is 0 Å². The predicted octanol–water partition coefficient (Wildman–Crippen LogP) is 6.70. The number of rotatable bonds is 2. The number of hydrogen-bond donors (Lipinski definition) is 0. The second-order valence-corrected chi connectivity index (χ2v) is 9.45. The van der Waals surface area contributed by atoms with Gasteiger partial charge in [0.25, 0.3) is 0 Å². The molecule has 1 saturated carbocycles. The van der Waals surface area contributed by atoms with E-state index in [1.54, 1.807) is 0 Å². The third-order valence-electron chi connectivity index (χ3n) is 7.78. The molecular formula is C25H36N2. The van der Waals surface area contributed by atoms with Gasteiger partial charge < -0.3 is 4.57 Å². The van der Waals surface area contributed by atoms with Crippen LogP contribution in [0, 0.1) is 0 Å². The summed E-state index contributed by atoms with van der Waals surface area (Å²) in [5.74, 6) is 0. The number of aromatic nitrogens is 1. The quantitative estimate of drug-likeness (QED) is 0.575. The van der Waals surface area contributed by atoms with Gasteiger partial charge in [0.05, 0.1) is 0 Å². The largest absolute Gasteiger partial charge is 0.344 e. The van der Waals surface area contributed by atoms with Crippen LogP contribution in [0.1, 0.15) is 89.5 Å². The molecule has 0 radical (unpaired) electrons.